The Morgan fingerprint density at radius 2 is 2.05 bits per heavy atom. The van der Waals surface area contributed by atoms with Gasteiger partial charge in [-0.15, -0.1) is 0 Å². The van der Waals surface area contributed by atoms with E-state index in [0.717, 1.165) is 23.5 Å². The Kier molecular flexibility index (Phi) is 3.36. The number of ether oxygens (including phenoxy) is 1. The fourth-order valence-electron chi connectivity index (χ4n) is 2.54. The molecule has 20 heavy (non-hydrogen) atoms. The molecule has 3 nitrogen and oxygen atoms in total. The number of aryl methyl sites for hydroxylation is 2. The minimum absolute atomic E-state index is 0.104. The molecule has 0 aliphatic carbocycles. The zero-order chi connectivity index (χ0) is 14.1. The molecule has 3 N–H and O–H groups in total. The smallest absolute Gasteiger partial charge is 0.146 e. The van der Waals surface area contributed by atoms with E-state index in [-0.39, 0.29) is 6.10 Å². The number of benzene rings is 2. The van der Waals surface area contributed by atoms with Crippen LogP contribution in [0.25, 0.3) is 0 Å². The van der Waals surface area contributed by atoms with Crippen LogP contribution >= 0.6 is 0 Å². The molecule has 1 heterocycles. The van der Waals surface area contributed by atoms with E-state index in [1.54, 1.807) is 0 Å². The van der Waals surface area contributed by atoms with Crippen LogP contribution in [0.3, 0.4) is 0 Å². The van der Waals surface area contributed by atoms with Crippen molar-refractivity contribution in [3.05, 3.63) is 53.1 Å². The summed E-state index contributed by atoms with van der Waals surface area (Å²) in [5.74, 6) is 0.946. The average molecular weight is 268 g/mol. The van der Waals surface area contributed by atoms with Gasteiger partial charge >= 0.3 is 0 Å². The first-order valence-electron chi connectivity index (χ1n) is 7.00. The Labute approximate surface area is 119 Å². The lowest BCUT2D eigenvalue weighted by Gasteiger charge is -2.13. The first-order chi connectivity index (χ1) is 9.67. The van der Waals surface area contributed by atoms with Gasteiger partial charge in [0, 0.05) is 24.2 Å². The molecule has 0 bridgehead atoms. The fraction of sp³-hybridized carbons (Fsp3) is 0.294. The van der Waals surface area contributed by atoms with E-state index in [2.05, 4.69) is 49.5 Å². The molecule has 104 valence electrons. The highest BCUT2D eigenvalue weighted by Gasteiger charge is 2.24. The third-order valence-corrected chi connectivity index (χ3v) is 3.88. The summed E-state index contributed by atoms with van der Waals surface area (Å²) in [5.41, 5.74) is 11.6. The lowest BCUT2D eigenvalue weighted by atomic mass is 10.1. The van der Waals surface area contributed by atoms with Gasteiger partial charge in [0.05, 0.1) is 5.69 Å². The van der Waals surface area contributed by atoms with E-state index >= 15 is 0 Å². The third kappa shape index (κ3) is 2.37. The van der Waals surface area contributed by atoms with Gasteiger partial charge in [-0.1, -0.05) is 18.2 Å². The van der Waals surface area contributed by atoms with Crippen LogP contribution in [-0.2, 0) is 6.42 Å². The summed E-state index contributed by atoms with van der Waals surface area (Å²) in [7, 11) is 0. The second-order valence-electron chi connectivity index (χ2n) is 5.40. The molecule has 1 unspecified atom stereocenters. The second kappa shape index (κ2) is 5.17. The molecule has 0 amide bonds. The molecule has 1 aliphatic heterocycles. The second-order valence-corrected chi connectivity index (χ2v) is 5.40. The monoisotopic (exact) mass is 268 g/mol. The van der Waals surface area contributed by atoms with E-state index < -0.39 is 0 Å². The number of nitrogens with one attached hydrogen (secondary N) is 1. The summed E-state index contributed by atoms with van der Waals surface area (Å²) in [6, 6.07) is 12.6. The lowest BCUT2D eigenvalue weighted by Crippen LogP contribution is -2.24. The van der Waals surface area contributed by atoms with Crippen LogP contribution in [0, 0.1) is 13.8 Å². The van der Waals surface area contributed by atoms with E-state index in [4.69, 9.17) is 10.5 Å². The maximum Gasteiger partial charge on any atom is 0.146 e. The van der Waals surface area contributed by atoms with Crippen molar-refractivity contribution < 1.29 is 4.74 Å². The molecule has 2 aromatic rings. The fourth-order valence-corrected chi connectivity index (χ4v) is 2.54. The van der Waals surface area contributed by atoms with E-state index in [9.17, 15) is 0 Å². The zero-order valence-electron chi connectivity index (χ0n) is 11.9. The van der Waals surface area contributed by atoms with Crippen LogP contribution in [0.4, 0.5) is 11.4 Å². The number of nitrogens with two attached hydrogens (primary N) is 1. The molecule has 0 saturated heterocycles. The molecular formula is C17H20N2O. The number of hydrogen-bond acceptors (Lipinski definition) is 3. The van der Waals surface area contributed by atoms with Crippen molar-refractivity contribution >= 4 is 11.4 Å². The standard InChI is InChI=1S/C17H20N2O/c1-11-6-7-14(8-12(11)2)19-16-5-3-4-13-9-15(10-18)20-17(13)16/h3-8,15,19H,9-10,18H2,1-2H3. The van der Waals surface area contributed by atoms with Crippen molar-refractivity contribution in [1.82, 2.24) is 0 Å². The Balaban J connectivity index is 1.89. The van der Waals surface area contributed by atoms with Crippen LogP contribution in [-0.4, -0.2) is 12.6 Å². The molecule has 3 heteroatoms. The Morgan fingerprint density at radius 1 is 1.20 bits per heavy atom. The van der Waals surface area contributed by atoms with Crippen LogP contribution in [0.15, 0.2) is 36.4 Å². The number of para-hydroxylation sites is 1. The average Bonchev–Trinajstić information content (AvgIpc) is 2.87. The largest absolute Gasteiger partial charge is 0.486 e. The maximum absolute atomic E-state index is 5.93. The molecule has 1 aliphatic rings. The van der Waals surface area contributed by atoms with Crippen molar-refractivity contribution in [3.8, 4) is 5.75 Å². The van der Waals surface area contributed by atoms with Crippen molar-refractivity contribution in [2.45, 2.75) is 26.4 Å². The number of rotatable bonds is 3. The molecule has 0 radical (unpaired) electrons. The van der Waals surface area contributed by atoms with E-state index in [1.807, 2.05) is 6.07 Å². The Morgan fingerprint density at radius 3 is 2.80 bits per heavy atom. The molecule has 0 aromatic heterocycles. The van der Waals surface area contributed by atoms with Crippen LogP contribution in [0.1, 0.15) is 16.7 Å². The first-order valence-corrected chi connectivity index (χ1v) is 7.00. The van der Waals surface area contributed by atoms with Gasteiger partial charge < -0.3 is 15.8 Å². The van der Waals surface area contributed by atoms with Gasteiger partial charge in [-0.25, -0.2) is 0 Å². The topological polar surface area (TPSA) is 47.3 Å². The van der Waals surface area contributed by atoms with Gasteiger partial charge in [0.15, 0.2) is 0 Å². The van der Waals surface area contributed by atoms with Gasteiger partial charge in [0.25, 0.3) is 0 Å². The van der Waals surface area contributed by atoms with Gasteiger partial charge in [0.2, 0.25) is 0 Å². The van der Waals surface area contributed by atoms with Gasteiger partial charge in [0.1, 0.15) is 11.9 Å². The summed E-state index contributed by atoms with van der Waals surface area (Å²) < 4.78 is 5.93. The highest BCUT2D eigenvalue weighted by molar-refractivity contribution is 5.69. The molecule has 0 spiro atoms. The Hall–Kier alpha value is -2.00. The van der Waals surface area contributed by atoms with E-state index in [1.165, 1.54) is 16.7 Å². The summed E-state index contributed by atoms with van der Waals surface area (Å²) in [4.78, 5) is 0. The van der Waals surface area contributed by atoms with Crippen molar-refractivity contribution in [2.75, 3.05) is 11.9 Å². The molecule has 0 saturated carbocycles. The Bertz CT molecular complexity index is 637. The van der Waals surface area contributed by atoms with Gasteiger partial charge in [-0.3, -0.25) is 0 Å². The van der Waals surface area contributed by atoms with Crippen molar-refractivity contribution in [1.29, 1.82) is 0 Å². The quantitative estimate of drug-likeness (QED) is 0.897. The maximum atomic E-state index is 5.93. The number of fused-ring (bicyclic) bond motifs is 1. The minimum Gasteiger partial charge on any atom is -0.486 e. The highest BCUT2D eigenvalue weighted by atomic mass is 16.5. The summed E-state index contributed by atoms with van der Waals surface area (Å²) in [5, 5.41) is 3.45. The van der Waals surface area contributed by atoms with Gasteiger partial charge in [-0.05, 0) is 43.2 Å². The predicted molar refractivity (Wildman–Crippen MR) is 82.8 cm³/mol. The molecule has 3 rings (SSSR count). The van der Waals surface area contributed by atoms with Crippen molar-refractivity contribution in [2.24, 2.45) is 5.73 Å². The number of anilines is 2. The van der Waals surface area contributed by atoms with Crippen LogP contribution in [0.2, 0.25) is 0 Å². The molecule has 1 atom stereocenters. The van der Waals surface area contributed by atoms with Gasteiger partial charge in [-0.2, -0.15) is 0 Å². The minimum atomic E-state index is 0.104. The number of hydrogen-bond donors (Lipinski definition) is 2. The first kappa shape index (κ1) is 13.0. The highest BCUT2D eigenvalue weighted by Crippen LogP contribution is 2.37. The zero-order valence-corrected chi connectivity index (χ0v) is 11.9. The summed E-state index contributed by atoms with van der Waals surface area (Å²) in [6.07, 6.45) is 1.00. The van der Waals surface area contributed by atoms with E-state index in [0.29, 0.717) is 6.54 Å². The summed E-state index contributed by atoms with van der Waals surface area (Å²) in [6.45, 7) is 4.79. The van der Waals surface area contributed by atoms with Crippen LogP contribution in [0.5, 0.6) is 5.75 Å². The predicted octanol–water partition coefficient (Wildman–Crippen LogP) is 3.31. The molecule has 2 aromatic carbocycles. The summed E-state index contributed by atoms with van der Waals surface area (Å²) >= 11 is 0. The normalized spacial score (nSPS) is 16.6. The molecular weight excluding hydrogens is 248 g/mol. The lowest BCUT2D eigenvalue weighted by molar-refractivity contribution is 0.242. The molecule has 0 fully saturated rings. The third-order valence-electron chi connectivity index (χ3n) is 3.88. The SMILES string of the molecule is Cc1ccc(Nc2cccc3c2OC(CN)C3)cc1C. The van der Waals surface area contributed by atoms with Crippen LogP contribution < -0.4 is 15.8 Å². The van der Waals surface area contributed by atoms with Crippen molar-refractivity contribution in [3.63, 3.8) is 0 Å².